The van der Waals surface area contributed by atoms with E-state index in [1.807, 2.05) is 23.9 Å². The van der Waals surface area contributed by atoms with Crippen molar-refractivity contribution in [3.05, 3.63) is 41.9 Å². The number of hydrogen-bond donors (Lipinski definition) is 1. The summed E-state index contributed by atoms with van der Waals surface area (Å²) < 4.78 is 7.28. The van der Waals surface area contributed by atoms with Crippen molar-refractivity contribution in [2.75, 3.05) is 5.73 Å². The van der Waals surface area contributed by atoms with Crippen LogP contribution in [0.15, 0.2) is 35.0 Å². The van der Waals surface area contributed by atoms with Crippen LogP contribution in [0.5, 0.6) is 0 Å². The summed E-state index contributed by atoms with van der Waals surface area (Å²) in [5, 5.41) is 0. The molecule has 13 heavy (non-hydrogen) atoms. The topological polar surface area (TPSA) is 44.1 Å². The molecular weight excluding hydrogens is 164 g/mol. The van der Waals surface area contributed by atoms with Gasteiger partial charge in [-0.3, -0.25) is 0 Å². The third-order valence-corrected chi connectivity index (χ3v) is 1.95. The smallest absolute Gasteiger partial charge is 0.190 e. The van der Waals surface area contributed by atoms with Gasteiger partial charge in [0.1, 0.15) is 5.76 Å². The first-order valence-corrected chi connectivity index (χ1v) is 4.19. The quantitative estimate of drug-likeness (QED) is 0.758. The third-order valence-electron chi connectivity index (χ3n) is 1.95. The molecule has 0 atom stereocenters. The van der Waals surface area contributed by atoms with Crippen molar-refractivity contribution in [3.8, 4) is 0 Å². The van der Waals surface area contributed by atoms with Crippen LogP contribution in [0.1, 0.15) is 11.3 Å². The summed E-state index contributed by atoms with van der Waals surface area (Å²) in [6.45, 7) is 0. The molecule has 2 N–H and O–H groups in total. The van der Waals surface area contributed by atoms with Crippen LogP contribution in [0.2, 0.25) is 0 Å². The average Bonchev–Trinajstić information content (AvgIpc) is 2.62. The normalized spacial score (nSPS) is 10.5. The monoisotopic (exact) mass is 176 g/mol. The van der Waals surface area contributed by atoms with Crippen LogP contribution < -0.4 is 5.73 Å². The number of anilines is 1. The Labute approximate surface area is 76.8 Å². The fraction of sp³-hybridized carbons (Fsp3) is 0.200. The van der Waals surface area contributed by atoms with E-state index < -0.39 is 0 Å². The molecule has 0 radical (unpaired) electrons. The van der Waals surface area contributed by atoms with Crippen LogP contribution in [0.4, 0.5) is 5.88 Å². The summed E-state index contributed by atoms with van der Waals surface area (Å²) in [7, 11) is 2.00. The van der Waals surface area contributed by atoms with Crippen molar-refractivity contribution < 1.29 is 4.42 Å². The van der Waals surface area contributed by atoms with Gasteiger partial charge in [0.25, 0.3) is 0 Å². The van der Waals surface area contributed by atoms with Gasteiger partial charge in [-0.25, -0.2) is 0 Å². The van der Waals surface area contributed by atoms with Gasteiger partial charge in [-0.05, 0) is 17.7 Å². The standard InChI is InChI=1S/C10H12N2O/c1-12-5-4-8(7-12)6-9-2-3-10(11)13-9/h2-5,7H,6,11H2,1H3. The number of aryl methyl sites for hydroxylation is 1. The third kappa shape index (κ3) is 1.75. The van der Waals surface area contributed by atoms with Gasteiger partial charge in [0, 0.05) is 31.9 Å². The summed E-state index contributed by atoms with van der Waals surface area (Å²) in [6.07, 6.45) is 4.89. The molecule has 3 heteroatoms. The minimum atomic E-state index is 0.478. The molecule has 0 bridgehead atoms. The molecule has 0 aliphatic heterocycles. The largest absolute Gasteiger partial charge is 0.446 e. The minimum Gasteiger partial charge on any atom is -0.446 e. The number of hydrogen-bond acceptors (Lipinski definition) is 2. The highest BCUT2D eigenvalue weighted by Gasteiger charge is 2.01. The number of nitrogens with zero attached hydrogens (tertiary/aromatic N) is 1. The van der Waals surface area contributed by atoms with E-state index in [-0.39, 0.29) is 0 Å². The first-order valence-electron chi connectivity index (χ1n) is 4.19. The first kappa shape index (κ1) is 7.98. The lowest BCUT2D eigenvalue weighted by atomic mass is 10.2. The SMILES string of the molecule is Cn1ccc(Cc2ccc(N)o2)c1. The maximum Gasteiger partial charge on any atom is 0.190 e. The predicted octanol–water partition coefficient (Wildman–Crippen LogP) is 1.79. The molecule has 2 aromatic heterocycles. The van der Waals surface area contributed by atoms with Crippen LogP contribution in [0.25, 0.3) is 0 Å². The predicted molar refractivity (Wildman–Crippen MR) is 51.3 cm³/mol. The number of aromatic nitrogens is 1. The van der Waals surface area contributed by atoms with Crippen molar-refractivity contribution in [2.45, 2.75) is 6.42 Å². The lowest BCUT2D eigenvalue weighted by molar-refractivity contribution is 0.539. The molecule has 0 aliphatic carbocycles. The molecule has 2 heterocycles. The van der Waals surface area contributed by atoms with Crippen LogP contribution in [-0.2, 0) is 13.5 Å². The van der Waals surface area contributed by atoms with Gasteiger partial charge in [-0.2, -0.15) is 0 Å². The highest BCUT2D eigenvalue weighted by molar-refractivity contribution is 5.28. The van der Waals surface area contributed by atoms with E-state index >= 15 is 0 Å². The lowest BCUT2D eigenvalue weighted by Gasteiger charge is -1.92. The van der Waals surface area contributed by atoms with Gasteiger partial charge >= 0.3 is 0 Å². The van der Waals surface area contributed by atoms with E-state index in [9.17, 15) is 0 Å². The van der Waals surface area contributed by atoms with Crippen molar-refractivity contribution in [1.82, 2.24) is 4.57 Å². The molecule has 0 spiro atoms. The molecule has 0 fully saturated rings. The molecule has 2 aromatic rings. The van der Waals surface area contributed by atoms with E-state index in [0.717, 1.165) is 12.2 Å². The number of nitrogens with two attached hydrogens (primary N) is 1. The van der Waals surface area contributed by atoms with Gasteiger partial charge in [0.15, 0.2) is 5.88 Å². The Bertz CT molecular complexity index is 362. The van der Waals surface area contributed by atoms with Crippen LogP contribution in [-0.4, -0.2) is 4.57 Å². The van der Waals surface area contributed by atoms with E-state index in [2.05, 4.69) is 12.3 Å². The van der Waals surface area contributed by atoms with E-state index in [0.29, 0.717) is 5.88 Å². The number of furan rings is 1. The molecule has 0 unspecified atom stereocenters. The van der Waals surface area contributed by atoms with Crippen molar-refractivity contribution in [3.63, 3.8) is 0 Å². The Morgan fingerprint density at radius 3 is 2.77 bits per heavy atom. The number of rotatable bonds is 2. The zero-order chi connectivity index (χ0) is 9.26. The van der Waals surface area contributed by atoms with Crippen molar-refractivity contribution in [1.29, 1.82) is 0 Å². The second-order valence-electron chi connectivity index (χ2n) is 3.17. The zero-order valence-electron chi connectivity index (χ0n) is 7.53. The minimum absolute atomic E-state index is 0.478. The summed E-state index contributed by atoms with van der Waals surface area (Å²) in [4.78, 5) is 0. The van der Waals surface area contributed by atoms with Gasteiger partial charge in [-0.1, -0.05) is 0 Å². The van der Waals surface area contributed by atoms with Crippen molar-refractivity contribution >= 4 is 5.88 Å². The first-order chi connectivity index (χ1) is 6.24. The van der Waals surface area contributed by atoms with Crippen LogP contribution in [0.3, 0.4) is 0 Å². The highest BCUT2D eigenvalue weighted by Crippen LogP contribution is 2.14. The molecule has 3 nitrogen and oxygen atoms in total. The summed E-state index contributed by atoms with van der Waals surface area (Å²) in [5.74, 6) is 1.38. The molecule has 2 rings (SSSR count). The van der Waals surface area contributed by atoms with E-state index in [4.69, 9.17) is 10.2 Å². The van der Waals surface area contributed by atoms with Crippen LogP contribution in [0, 0.1) is 0 Å². The fourth-order valence-corrected chi connectivity index (χ4v) is 1.36. The molecule has 0 aliphatic rings. The van der Waals surface area contributed by atoms with Crippen molar-refractivity contribution in [2.24, 2.45) is 7.05 Å². The molecule has 0 aromatic carbocycles. The molecule has 0 saturated heterocycles. The molecular formula is C10H12N2O. The summed E-state index contributed by atoms with van der Waals surface area (Å²) in [6, 6.07) is 5.75. The van der Waals surface area contributed by atoms with Gasteiger partial charge in [0.05, 0.1) is 0 Å². The maximum absolute atomic E-state index is 5.47. The highest BCUT2D eigenvalue weighted by atomic mass is 16.3. The maximum atomic E-state index is 5.47. The Morgan fingerprint density at radius 1 is 1.38 bits per heavy atom. The van der Waals surface area contributed by atoms with Gasteiger partial charge in [0.2, 0.25) is 0 Å². The van der Waals surface area contributed by atoms with Gasteiger partial charge in [-0.15, -0.1) is 0 Å². The fourth-order valence-electron chi connectivity index (χ4n) is 1.36. The average molecular weight is 176 g/mol. The summed E-state index contributed by atoms with van der Waals surface area (Å²) >= 11 is 0. The Balaban J connectivity index is 2.14. The lowest BCUT2D eigenvalue weighted by Crippen LogP contribution is -1.84. The van der Waals surface area contributed by atoms with E-state index in [1.54, 1.807) is 6.07 Å². The number of nitrogen functional groups attached to an aromatic ring is 1. The second-order valence-corrected chi connectivity index (χ2v) is 3.17. The van der Waals surface area contributed by atoms with Gasteiger partial charge < -0.3 is 14.7 Å². The molecule has 0 amide bonds. The van der Waals surface area contributed by atoms with E-state index in [1.165, 1.54) is 5.56 Å². The Kier molecular flexibility index (Phi) is 1.85. The second kappa shape index (κ2) is 3.01. The molecule has 0 saturated carbocycles. The zero-order valence-corrected chi connectivity index (χ0v) is 7.53. The Morgan fingerprint density at radius 2 is 2.23 bits per heavy atom. The Hall–Kier alpha value is -1.64. The molecule has 68 valence electrons. The summed E-state index contributed by atoms with van der Waals surface area (Å²) in [5.41, 5.74) is 6.70. The van der Waals surface area contributed by atoms with Crippen LogP contribution >= 0.6 is 0 Å².